The summed E-state index contributed by atoms with van der Waals surface area (Å²) in [5.41, 5.74) is 0. The van der Waals surface area contributed by atoms with Gasteiger partial charge in [-0.2, -0.15) is 110 Å². The molecule has 0 aromatic heterocycles. The summed E-state index contributed by atoms with van der Waals surface area (Å²) < 4.78 is 384. The molecule has 0 aliphatic heterocycles. The van der Waals surface area contributed by atoms with Crippen LogP contribution in [0.25, 0.3) is 0 Å². The van der Waals surface area contributed by atoms with E-state index in [2.05, 4.69) is 18.8 Å². The molecule has 1 atom stereocenters. The van der Waals surface area contributed by atoms with Gasteiger partial charge in [0.05, 0.1) is 12.3 Å². The van der Waals surface area contributed by atoms with Gasteiger partial charge in [-0.15, -0.1) is 0 Å². The van der Waals surface area contributed by atoms with E-state index in [4.69, 9.17) is 0 Å². The first-order valence-corrected chi connectivity index (χ1v) is 13.7. The van der Waals surface area contributed by atoms with Crippen molar-refractivity contribution in [1.82, 2.24) is 0 Å². The van der Waals surface area contributed by atoms with Crippen LogP contribution in [0.3, 0.4) is 0 Å². The average Bonchev–Trinajstić information content (AvgIpc) is 3.04. The third-order valence-electron chi connectivity index (χ3n) is 6.57. The maximum absolute atomic E-state index is 14.0. The summed E-state index contributed by atoms with van der Waals surface area (Å²) >= 11 is -0.724. The minimum Gasteiger partial charge on any atom is -0.691 e. The molecule has 340 valence electrons. The van der Waals surface area contributed by atoms with Crippen LogP contribution < -0.4 is 34.8 Å². The average molecular weight is 962 g/mol. The molecule has 0 fully saturated rings. The number of carbonyl (C=O) groups is 2. The van der Waals surface area contributed by atoms with Crippen LogP contribution in [-0.2, 0) is 28.4 Å². The van der Waals surface area contributed by atoms with Crippen LogP contribution in [0.15, 0.2) is 0 Å². The van der Waals surface area contributed by atoms with Gasteiger partial charge in [-0.1, -0.05) is 0 Å². The van der Waals surface area contributed by atoms with E-state index in [0.29, 0.717) is 0 Å². The van der Waals surface area contributed by atoms with Gasteiger partial charge < -0.3 is 14.7 Å². The van der Waals surface area contributed by atoms with Gasteiger partial charge in [0.15, 0.2) is 13.2 Å². The van der Waals surface area contributed by atoms with E-state index in [0.717, 1.165) is 0 Å². The summed E-state index contributed by atoms with van der Waals surface area (Å²) in [6.45, 7) is -7.66. The van der Waals surface area contributed by atoms with Gasteiger partial charge >= 0.3 is 125 Å². The number of alkyl halides is 28. The molecule has 0 saturated carbocycles. The predicted octanol–water partition coefficient (Wildman–Crippen LogP) is 5.11. The largest absolute Gasteiger partial charge is 1.00 e. The second kappa shape index (κ2) is 18.3. The van der Waals surface area contributed by atoms with Crippen LogP contribution in [0, 0.1) is 5.92 Å². The molecule has 0 saturated heterocycles. The van der Waals surface area contributed by atoms with E-state index in [-0.39, 0.29) is 29.6 Å². The standard InChI is InChI=1S/C21H12F28O7S.Na/c22-8(23)12(30,31)16(38,39)18(42,43)14(34,35)10(26,27)3-53-6(50)1-5(2-57-56-55-52)7(51)54-4-11(28,29)15(36,37)19(44,45)21(48,49)20(46,47)17(40,41)13(32,33)9(24)25;/h5,8-9,52H,1-4H2;/q;+1/p-1. The van der Waals surface area contributed by atoms with Crippen molar-refractivity contribution >= 4 is 24.0 Å². The molecule has 0 aromatic carbocycles. The molecule has 0 rings (SSSR count). The fourth-order valence-electron chi connectivity index (χ4n) is 3.17. The number of rotatable bonds is 23. The minimum absolute atomic E-state index is 0. The molecule has 0 aromatic rings. The van der Waals surface area contributed by atoms with Gasteiger partial charge in [0.1, 0.15) is 0 Å². The van der Waals surface area contributed by atoms with Crippen LogP contribution in [0.1, 0.15) is 6.42 Å². The second-order valence-electron chi connectivity index (χ2n) is 10.4. The summed E-state index contributed by atoms with van der Waals surface area (Å²) in [5, 5.41) is 12.4. The Morgan fingerprint density at radius 3 is 1.10 bits per heavy atom. The normalized spacial score (nSPS) is 15.7. The summed E-state index contributed by atoms with van der Waals surface area (Å²) in [6.07, 6.45) is -14.5. The molecule has 58 heavy (non-hydrogen) atoms. The van der Waals surface area contributed by atoms with E-state index < -0.39 is 139 Å². The number of hydrogen-bond donors (Lipinski definition) is 0. The Kier molecular flexibility index (Phi) is 18.4. The van der Waals surface area contributed by atoms with Gasteiger partial charge in [0.2, 0.25) is 0 Å². The van der Waals surface area contributed by atoms with Crippen LogP contribution >= 0.6 is 12.0 Å². The zero-order valence-electron chi connectivity index (χ0n) is 26.4. The summed E-state index contributed by atoms with van der Waals surface area (Å²) in [5.74, 6) is -108. The van der Waals surface area contributed by atoms with Crippen LogP contribution in [0.4, 0.5) is 123 Å². The monoisotopic (exact) mass is 962 g/mol. The molecule has 0 spiro atoms. The third-order valence-corrected chi connectivity index (χ3v) is 7.26. The maximum Gasteiger partial charge on any atom is 1.00 e. The molecule has 0 aliphatic rings. The van der Waals surface area contributed by atoms with Crippen molar-refractivity contribution in [3.8, 4) is 0 Å². The molecule has 0 amide bonds. The first-order chi connectivity index (χ1) is 24.8. The molecule has 0 bridgehead atoms. The van der Waals surface area contributed by atoms with Crippen molar-refractivity contribution in [3.05, 3.63) is 0 Å². The first-order valence-electron chi connectivity index (χ1n) is 12.8. The topological polar surface area (TPSA) is 94.1 Å². The molecule has 1 unspecified atom stereocenters. The second-order valence-corrected chi connectivity index (χ2v) is 11.1. The summed E-state index contributed by atoms with van der Waals surface area (Å²) in [7, 11) is 0. The molecule has 0 aliphatic carbocycles. The van der Waals surface area contributed by atoms with Gasteiger partial charge in [0, 0.05) is 17.8 Å². The van der Waals surface area contributed by atoms with Gasteiger partial charge in [-0.25, -0.2) is 17.6 Å². The Morgan fingerprint density at radius 2 is 0.776 bits per heavy atom. The van der Waals surface area contributed by atoms with Crippen molar-refractivity contribution < 1.29 is 186 Å². The maximum atomic E-state index is 14.0. The van der Waals surface area contributed by atoms with Crippen LogP contribution in [0.2, 0.25) is 0 Å². The van der Waals surface area contributed by atoms with Crippen molar-refractivity contribution in [1.29, 1.82) is 0 Å². The number of hydrogen-bond acceptors (Lipinski definition) is 8. The Bertz CT molecular complexity index is 1390. The van der Waals surface area contributed by atoms with Crippen molar-refractivity contribution in [3.63, 3.8) is 0 Å². The molecule has 0 radical (unpaired) electrons. The van der Waals surface area contributed by atoms with Gasteiger partial charge in [0.25, 0.3) is 0 Å². The van der Waals surface area contributed by atoms with Gasteiger partial charge in [-0.05, 0) is 0 Å². The zero-order chi connectivity index (χ0) is 46.3. The number of esters is 2. The van der Waals surface area contributed by atoms with Crippen LogP contribution in [-0.4, -0.2) is 115 Å². The fraction of sp³-hybridized carbons (Fsp3) is 0.905. The quantitative estimate of drug-likeness (QED) is 0.0266. The minimum atomic E-state index is -8.90. The molecule has 7 nitrogen and oxygen atoms in total. The van der Waals surface area contributed by atoms with Crippen molar-refractivity contribution in [2.24, 2.45) is 5.92 Å². The predicted molar refractivity (Wildman–Crippen MR) is 116 cm³/mol. The summed E-state index contributed by atoms with van der Waals surface area (Å²) in [6, 6.07) is 0. The smallest absolute Gasteiger partial charge is 0.691 e. The van der Waals surface area contributed by atoms with Crippen LogP contribution in [0.5, 0.6) is 0 Å². The van der Waals surface area contributed by atoms with Crippen molar-refractivity contribution in [2.45, 2.75) is 90.3 Å². The summed E-state index contributed by atoms with van der Waals surface area (Å²) in [4.78, 5) is 23.8. The number of ether oxygens (including phenoxy) is 2. The van der Waals surface area contributed by atoms with E-state index in [1.54, 1.807) is 0 Å². The Hall–Kier alpha value is -1.79. The molecule has 0 heterocycles. The van der Waals surface area contributed by atoms with E-state index >= 15 is 0 Å². The van der Waals surface area contributed by atoms with E-state index in [1.807, 2.05) is 0 Å². The Labute approximate surface area is 325 Å². The molecule has 0 N–H and O–H groups in total. The Morgan fingerprint density at radius 1 is 0.483 bits per heavy atom. The van der Waals surface area contributed by atoms with E-state index in [9.17, 15) is 138 Å². The molecular weight excluding hydrogens is 951 g/mol. The van der Waals surface area contributed by atoms with Gasteiger partial charge in [-0.3, -0.25) is 14.6 Å². The number of halogens is 28. The first kappa shape index (κ1) is 58.3. The zero-order valence-corrected chi connectivity index (χ0v) is 29.2. The fourth-order valence-corrected chi connectivity index (χ4v) is 3.69. The Balaban J connectivity index is 0. The van der Waals surface area contributed by atoms with E-state index in [1.165, 1.54) is 0 Å². The molecule has 37 heteroatoms. The van der Waals surface area contributed by atoms with Crippen molar-refractivity contribution in [2.75, 3.05) is 19.0 Å². The SMILES string of the molecule is O=C(CC(CSOO[O-])C(=O)OCC(F)(F)C(F)(F)C(F)(F)C(F)(F)C(F)(F)C(F)(F)C(F)(F)C(F)F)OCC(F)(F)C(F)(F)C(F)(F)C(F)(F)C(F)(F)C(F)F.[Na+]. The number of carbonyl (C=O) groups excluding carboxylic acids is 2. The molecular formula is C21H11F28NaO7S. The third kappa shape index (κ3) is 9.79.